The lowest BCUT2D eigenvalue weighted by Gasteiger charge is -2.41. The number of aliphatic hydroxyl groups excluding tert-OH is 1. The Morgan fingerprint density at radius 2 is 2.00 bits per heavy atom. The molecule has 1 saturated heterocycles. The number of aliphatic hydroxyl groups is 1. The van der Waals surface area contributed by atoms with E-state index in [2.05, 4.69) is 19.9 Å². The molecule has 0 saturated carbocycles. The number of benzene rings is 1. The van der Waals surface area contributed by atoms with Gasteiger partial charge in [0.05, 0.1) is 35.9 Å². The Balaban J connectivity index is 1.35. The number of likely N-dealkylation sites (tertiary alicyclic amines) is 1. The van der Waals surface area contributed by atoms with Gasteiger partial charge >= 0.3 is 5.97 Å². The molecular formula is C28H35ClN4O4. The highest BCUT2D eigenvalue weighted by Gasteiger charge is 2.37. The minimum Gasteiger partial charge on any atom is -0.497 e. The summed E-state index contributed by atoms with van der Waals surface area (Å²) in [7, 11) is 1.59. The van der Waals surface area contributed by atoms with Crippen LogP contribution in [0.4, 0.5) is 0 Å². The molecule has 2 N–H and O–H groups in total. The van der Waals surface area contributed by atoms with E-state index in [-0.39, 0.29) is 11.8 Å². The highest BCUT2D eigenvalue weighted by molar-refractivity contribution is 6.32. The number of rotatable bonds is 12. The second-order valence-corrected chi connectivity index (χ2v) is 10.4. The maximum Gasteiger partial charge on any atom is 0.303 e. The molecule has 1 atom stereocenters. The number of aromatic nitrogens is 3. The number of hydrogen-bond acceptors (Lipinski definition) is 7. The Labute approximate surface area is 222 Å². The molecule has 37 heavy (non-hydrogen) atoms. The SMILES string of the molecule is COc1ccc2ncc(Cl)c([C@@H](O)CCC3(CC(=O)O)CCN(CCCCc4cnccn4)CC3)c2c1. The average molecular weight is 527 g/mol. The Hall–Kier alpha value is -2.81. The highest BCUT2D eigenvalue weighted by Crippen LogP contribution is 2.43. The summed E-state index contributed by atoms with van der Waals surface area (Å²) in [6, 6.07) is 5.50. The Kier molecular flexibility index (Phi) is 9.29. The number of carboxylic acids is 1. The number of halogens is 1. The van der Waals surface area contributed by atoms with Gasteiger partial charge in [0.1, 0.15) is 5.75 Å². The van der Waals surface area contributed by atoms with Gasteiger partial charge in [-0.25, -0.2) is 0 Å². The van der Waals surface area contributed by atoms with Crippen molar-refractivity contribution < 1.29 is 19.7 Å². The third-order valence-corrected chi connectivity index (χ3v) is 7.87. The quantitative estimate of drug-likeness (QED) is 0.314. The van der Waals surface area contributed by atoms with Crippen molar-refractivity contribution in [3.8, 4) is 5.75 Å². The minimum absolute atomic E-state index is 0.110. The molecule has 8 nitrogen and oxygen atoms in total. The maximum atomic E-state index is 11.8. The smallest absolute Gasteiger partial charge is 0.303 e. The number of nitrogens with zero attached hydrogens (tertiary/aromatic N) is 4. The number of aliphatic carboxylic acids is 1. The van der Waals surface area contributed by atoms with E-state index in [0.29, 0.717) is 29.2 Å². The van der Waals surface area contributed by atoms with Crippen molar-refractivity contribution in [1.82, 2.24) is 19.9 Å². The predicted octanol–water partition coefficient (Wildman–Crippen LogP) is 5.08. The molecule has 198 valence electrons. The first-order chi connectivity index (χ1) is 17.9. The number of ether oxygens (including phenoxy) is 1. The molecule has 2 aromatic heterocycles. The first kappa shape index (κ1) is 27.2. The minimum atomic E-state index is -0.824. The summed E-state index contributed by atoms with van der Waals surface area (Å²) in [6.07, 6.45) is 11.8. The van der Waals surface area contributed by atoms with E-state index in [1.165, 1.54) is 0 Å². The summed E-state index contributed by atoms with van der Waals surface area (Å²) in [6.45, 7) is 2.72. The zero-order valence-electron chi connectivity index (χ0n) is 21.3. The summed E-state index contributed by atoms with van der Waals surface area (Å²) in [5.41, 5.74) is 2.03. The van der Waals surface area contributed by atoms with Crippen LogP contribution < -0.4 is 4.74 Å². The normalized spacial score (nSPS) is 16.5. The topological polar surface area (TPSA) is 109 Å². The molecule has 0 unspecified atom stereocenters. The first-order valence-electron chi connectivity index (χ1n) is 12.9. The third kappa shape index (κ3) is 7.15. The molecule has 0 radical (unpaired) electrons. The maximum absolute atomic E-state index is 11.8. The molecule has 3 aromatic rings. The van der Waals surface area contributed by atoms with Crippen molar-refractivity contribution in [3.05, 3.63) is 59.3 Å². The molecule has 3 heterocycles. The number of carboxylic acid groups (broad SMARTS) is 1. The molecule has 1 aliphatic heterocycles. The largest absolute Gasteiger partial charge is 0.497 e. The number of hydrogen-bond donors (Lipinski definition) is 2. The van der Waals surface area contributed by atoms with E-state index < -0.39 is 12.1 Å². The summed E-state index contributed by atoms with van der Waals surface area (Å²) >= 11 is 6.48. The lowest BCUT2D eigenvalue weighted by atomic mass is 9.71. The molecule has 1 fully saturated rings. The van der Waals surface area contributed by atoms with Gasteiger partial charge in [-0.05, 0) is 88.2 Å². The summed E-state index contributed by atoms with van der Waals surface area (Å²) < 4.78 is 5.35. The molecular weight excluding hydrogens is 492 g/mol. The third-order valence-electron chi connectivity index (χ3n) is 7.57. The van der Waals surface area contributed by atoms with Gasteiger partial charge in [0.15, 0.2) is 0 Å². The van der Waals surface area contributed by atoms with Gasteiger partial charge in [-0.1, -0.05) is 11.6 Å². The monoisotopic (exact) mass is 526 g/mol. The van der Waals surface area contributed by atoms with Crippen molar-refractivity contribution in [2.24, 2.45) is 5.41 Å². The molecule has 0 amide bonds. The second-order valence-electron chi connectivity index (χ2n) is 10.0. The predicted molar refractivity (Wildman–Crippen MR) is 143 cm³/mol. The number of fused-ring (bicyclic) bond motifs is 1. The lowest BCUT2D eigenvalue weighted by molar-refractivity contribution is -0.141. The van der Waals surface area contributed by atoms with Crippen LogP contribution in [-0.2, 0) is 11.2 Å². The van der Waals surface area contributed by atoms with Gasteiger partial charge in [-0.15, -0.1) is 0 Å². The van der Waals surface area contributed by atoms with Gasteiger partial charge in [-0.2, -0.15) is 0 Å². The first-order valence-corrected chi connectivity index (χ1v) is 13.3. The van der Waals surface area contributed by atoms with Crippen LogP contribution >= 0.6 is 11.6 Å². The summed E-state index contributed by atoms with van der Waals surface area (Å²) in [5, 5.41) is 22.0. The number of aryl methyl sites for hydroxylation is 1. The van der Waals surface area contributed by atoms with E-state index in [9.17, 15) is 15.0 Å². The van der Waals surface area contributed by atoms with Crippen LogP contribution in [0.1, 0.15) is 62.3 Å². The summed E-state index contributed by atoms with van der Waals surface area (Å²) in [5.74, 6) is -0.125. The molecule has 0 spiro atoms. The number of carbonyl (C=O) groups is 1. The fraction of sp³-hybridized carbons (Fsp3) is 0.500. The van der Waals surface area contributed by atoms with Crippen LogP contribution in [0.15, 0.2) is 43.0 Å². The number of pyridine rings is 1. The standard InChI is InChI=1S/C28H35ClN4O4/c1-37-21-5-6-24-22(16-21)27(23(29)19-32-24)25(34)7-8-28(17-26(35)36)9-14-33(15-10-28)13-3-2-4-20-18-30-11-12-31-20/h5-6,11-12,16,18-19,25,34H,2-4,7-10,13-15,17H2,1H3,(H,35,36)/t25-/m0/s1. The molecule has 0 aliphatic carbocycles. The Morgan fingerprint density at radius 3 is 2.70 bits per heavy atom. The van der Waals surface area contributed by atoms with Crippen molar-refractivity contribution in [2.75, 3.05) is 26.7 Å². The van der Waals surface area contributed by atoms with Crippen molar-refractivity contribution in [3.63, 3.8) is 0 Å². The fourth-order valence-corrected chi connectivity index (χ4v) is 5.68. The molecule has 1 aromatic carbocycles. The van der Waals surface area contributed by atoms with E-state index in [1.54, 1.807) is 25.7 Å². The summed E-state index contributed by atoms with van der Waals surface area (Å²) in [4.78, 5) is 27.0. The van der Waals surface area contributed by atoms with E-state index in [4.69, 9.17) is 16.3 Å². The van der Waals surface area contributed by atoms with Crippen LogP contribution in [0.5, 0.6) is 5.75 Å². The van der Waals surface area contributed by atoms with E-state index in [1.807, 2.05) is 24.4 Å². The fourth-order valence-electron chi connectivity index (χ4n) is 5.41. The molecule has 9 heteroatoms. The van der Waals surface area contributed by atoms with Crippen LogP contribution in [-0.4, -0.2) is 62.8 Å². The molecule has 0 bridgehead atoms. The van der Waals surface area contributed by atoms with E-state index >= 15 is 0 Å². The van der Waals surface area contributed by atoms with Gasteiger partial charge in [0.25, 0.3) is 0 Å². The van der Waals surface area contributed by atoms with Crippen molar-refractivity contribution in [1.29, 1.82) is 0 Å². The lowest BCUT2D eigenvalue weighted by Crippen LogP contribution is -2.41. The van der Waals surface area contributed by atoms with Gasteiger partial charge in [0.2, 0.25) is 0 Å². The molecule has 1 aliphatic rings. The van der Waals surface area contributed by atoms with Crippen LogP contribution in [0, 0.1) is 5.41 Å². The number of unbranched alkanes of at least 4 members (excludes halogenated alkanes) is 1. The van der Waals surface area contributed by atoms with Gasteiger partial charge in [-0.3, -0.25) is 19.7 Å². The van der Waals surface area contributed by atoms with Gasteiger partial charge < -0.3 is 19.8 Å². The van der Waals surface area contributed by atoms with Crippen LogP contribution in [0.3, 0.4) is 0 Å². The van der Waals surface area contributed by atoms with Gasteiger partial charge in [0, 0.05) is 35.7 Å². The van der Waals surface area contributed by atoms with Crippen molar-refractivity contribution in [2.45, 2.75) is 57.5 Å². The van der Waals surface area contributed by atoms with Crippen LogP contribution in [0.25, 0.3) is 10.9 Å². The number of methoxy groups -OCH3 is 1. The molecule has 4 rings (SSSR count). The number of piperidine rings is 1. The average Bonchev–Trinajstić information content (AvgIpc) is 2.90. The zero-order valence-corrected chi connectivity index (χ0v) is 22.0. The zero-order chi connectivity index (χ0) is 26.3. The Bertz CT molecular complexity index is 1190. The van der Waals surface area contributed by atoms with Crippen LogP contribution in [0.2, 0.25) is 5.02 Å². The van der Waals surface area contributed by atoms with E-state index in [0.717, 1.165) is 68.3 Å². The second kappa shape index (κ2) is 12.6. The highest BCUT2D eigenvalue weighted by atomic mass is 35.5. The Morgan fingerprint density at radius 1 is 1.19 bits per heavy atom. The van der Waals surface area contributed by atoms with Crippen molar-refractivity contribution >= 4 is 28.5 Å².